The van der Waals surface area contributed by atoms with Crippen LogP contribution in [-0.2, 0) is 9.59 Å². The highest BCUT2D eigenvalue weighted by atomic mass is 35.5. The SMILES string of the molecule is CC(CNC(=O)CCC(=O)O)c1c(Cl)cccc1Cl. The lowest BCUT2D eigenvalue weighted by molar-refractivity contribution is -0.138. The number of carbonyl (C=O) groups is 2. The van der Waals surface area contributed by atoms with Crippen molar-refractivity contribution in [1.29, 1.82) is 0 Å². The molecule has 0 bridgehead atoms. The molecule has 1 amide bonds. The van der Waals surface area contributed by atoms with Crippen molar-refractivity contribution in [2.24, 2.45) is 0 Å². The lowest BCUT2D eigenvalue weighted by Crippen LogP contribution is -2.28. The number of aliphatic carboxylic acids is 1. The summed E-state index contributed by atoms with van der Waals surface area (Å²) >= 11 is 12.1. The maximum absolute atomic E-state index is 11.4. The molecular weight excluding hydrogens is 289 g/mol. The Morgan fingerprint density at radius 2 is 1.84 bits per heavy atom. The van der Waals surface area contributed by atoms with Crippen molar-refractivity contribution >= 4 is 35.1 Å². The van der Waals surface area contributed by atoms with E-state index in [1.807, 2.05) is 6.92 Å². The predicted molar refractivity (Wildman–Crippen MR) is 74.8 cm³/mol. The second kappa shape index (κ2) is 7.36. The van der Waals surface area contributed by atoms with E-state index in [4.69, 9.17) is 28.3 Å². The van der Waals surface area contributed by atoms with Crippen LogP contribution in [0.5, 0.6) is 0 Å². The summed E-state index contributed by atoms with van der Waals surface area (Å²) in [7, 11) is 0. The highest BCUT2D eigenvalue weighted by Gasteiger charge is 2.14. The van der Waals surface area contributed by atoms with Crippen molar-refractivity contribution < 1.29 is 14.7 Å². The van der Waals surface area contributed by atoms with E-state index < -0.39 is 5.97 Å². The fraction of sp³-hybridized carbons (Fsp3) is 0.385. The summed E-state index contributed by atoms with van der Waals surface area (Å²) < 4.78 is 0. The van der Waals surface area contributed by atoms with Gasteiger partial charge in [-0.1, -0.05) is 36.2 Å². The van der Waals surface area contributed by atoms with Crippen LogP contribution in [0.15, 0.2) is 18.2 Å². The van der Waals surface area contributed by atoms with Gasteiger partial charge in [-0.05, 0) is 17.7 Å². The van der Waals surface area contributed by atoms with Gasteiger partial charge in [0.2, 0.25) is 5.91 Å². The zero-order chi connectivity index (χ0) is 14.4. The fourth-order valence-corrected chi connectivity index (χ4v) is 2.43. The number of benzene rings is 1. The lowest BCUT2D eigenvalue weighted by Gasteiger charge is -2.16. The number of amides is 1. The Kier molecular flexibility index (Phi) is 6.12. The Labute approximate surface area is 121 Å². The van der Waals surface area contributed by atoms with Gasteiger partial charge in [0.15, 0.2) is 0 Å². The molecule has 4 nitrogen and oxygen atoms in total. The van der Waals surface area contributed by atoms with Crippen LogP contribution in [0.1, 0.15) is 31.2 Å². The number of carboxylic acid groups (broad SMARTS) is 1. The molecule has 104 valence electrons. The number of hydrogen-bond acceptors (Lipinski definition) is 2. The number of nitrogens with one attached hydrogen (secondary N) is 1. The first-order chi connectivity index (χ1) is 8.91. The van der Waals surface area contributed by atoms with Crippen molar-refractivity contribution in [3.05, 3.63) is 33.8 Å². The van der Waals surface area contributed by atoms with Crippen LogP contribution in [0.4, 0.5) is 0 Å². The van der Waals surface area contributed by atoms with E-state index in [2.05, 4.69) is 5.32 Å². The predicted octanol–water partition coefficient (Wildman–Crippen LogP) is 3.08. The summed E-state index contributed by atoms with van der Waals surface area (Å²) in [4.78, 5) is 21.8. The topological polar surface area (TPSA) is 66.4 Å². The summed E-state index contributed by atoms with van der Waals surface area (Å²) in [6.45, 7) is 2.26. The van der Waals surface area contributed by atoms with Gasteiger partial charge in [-0.2, -0.15) is 0 Å². The number of rotatable bonds is 6. The molecule has 1 aromatic rings. The number of carboxylic acids is 1. The fourth-order valence-electron chi connectivity index (χ4n) is 1.66. The standard InChI is InChI=1S/C13H15Cl2NO3/c1-8(7-16-11(17)5-6-12(18)19)13-9(14)3-2-4-10(13)15/h2-4,8H,5-7H2,1H3,(H,16,17)(H,18,19). The molecule has 0 aliphatic carbocycles. The van der Waals surface area contributed by atoms with Gasteiger partial charge in [-0.3, -0.25) is 9.59 Å². The molecule has 19 heavy (non-hydrogen) atoms. The van der Waals surface area contributed by atoms with Crippen LogP contribution < -0.4 is 5.32 Å². The van der Waals surface area contributed by atoms with Crippen LogP contribution in [0.25, 0.3) is 0 Å². The first kappa shape index (κ1) is 15.8. The molecule has 0 spiro atoms. The summed E-state index contributed by atoms with van der Waals surface area (Å²) in [6.07, 6.45) is -0.203. The van der Waals surface area contributed by atoms with Crippen LogP contribution in [0.3, 0.4) is 0 Å². The van der Waals surface area contributed by atoms with Gasteiger partial charge in [0.1, 0.15) is 0 Å². The molecule has 0 radical (unpaired) electrons. The first-order valence-electron chi connectivity index (χ1n) is 5.84. The van der Waals surface area contributed by atoms with E-state index in [9.17, 15) is 9.59 Å². The van der Waals surface area contributed by atoms with E-state index in [0.717, 1.165) is 5.56 Å². The number of halogens is 2. The molecule has 1 unspecified atom stereocenters. The molecule has 0 aliphatic heterocycles. The van der Waals surface area contributed by atoms with Crippen molar-refractivity contribution in [3.8, 4) is 0 Å². The van der Waals surface area contributed by atoms with E-state index in [0.29, 0.717) is 16.6 Å². The Hall–Kier alpha value is -1.26. The number of hydrogen-bond donors (Lipinski definition) is 2. The van der Waals surface area contributed by atoms with Gasteiger partial charge in [-0.15, -0.1) is 0 Å². The highest BCUT2D eigenvalue weighted by molar-refractivity contribution is 6.36. The molecule has 0 aromatic heterocycles. The minimum Gasteiger partial charge on any atom is -0.481 e. The Morgan fingerprint density at radius 1 is 1.26 bits per heavy atom. The van der Waals surface area contributed by atoms with E-state index in [-0.39, 0.29) is 24.7 Å². The largest absolute Gasteiger partial charge is 0.481 e. The second-order valence-corrected chi connectivity index (χ2v) is 5.05. The molecule has 1 atom stereocenters. The highest BCUT2D eigenvalue weighted by Crippen LogP contribution is 2.30. The molecule has 0 heterocycles. The van der Waals surface area contributed by atoms with Crippen LogP contribution in [-0.4, -0.2) is 23.5 Å². The minimum absolute atomic E-state index is 0.0295. The van der Waals surface area contributed by atoms with Gasteiger partial charge in [0.05, 0.1) is 6.42 Å². The maximum atomic E-state index is 11.4. The summed E-state index contributed by atoms with van der Waals surface area (Å²) in [5.41, 5.74) is 0.782. The smallest absolute Gasteiger partial charge is 0.303 e. The van der Waals surface area contributed by atoms with E-state index in [1.165, 1.54) is 0 Å². The summed E-state index contributed by atoms with van der Waals surface area (Å²) in [5.74, 6) is -1.33. The molecule has 1 rings (SSSR count). The molecule has 0 saturated carbocycles. The Bertz CT molecular complexity index is 457. The van der Waals surface area contributed by atoms with E-state index in [1.54, 1.807) is 18.2 Å². The Balaban J connectivity index is 2.54. The molecule has 2 N–H and O–H groups in total. The average molecular weight is 304 g/mol. The molecule has 0 saturated heterocycles. The second-order valence-electron chi connectivity index (χ2n) is 4.23. The summed E-state index contributed by atoms with van der Waals surface area (Å²) in [5, 5.41) is 12.3. The molecule has 6 heteroatoms. The van der Waals surface area contributed by atoms with Gasteiger partial charge in [-0.25, -0.2) is 0 Å². The van der Waals surface area contributed by atoms with Crippen LogP contribution >= 0.6 is 23.2 Å². The lowest BCUT2D eigenvalue weighted by atomic mass is 10.0. The van der Waals surface area contributed by atoms with Crippen molar-refractivity contribution in [1.82, 2.24) is 5.32 Å². The van der Waals surface area contributed by atoms with Crippen LogP contribution in [0.2, 0.25) is 10.0 Å². The van der Waals surface area contributed by atoms with Gasteiger partial charge in [0, 0.05) is 28.9 Å². The van der Waals surface area contributed by atoms with Crippen LogP contribution in [0, 0.1) is 0 Å². The van der Waals surface area contributed by atoms with Crippen molar-refractivity contribution in [3.63, 3.8) is 0 Å². The monoisotopic (exact) mass is 303 g/mol. The first-order valence-corrected chi connectivity index (χ1v) is 6.59. The summed E-state index contributed by atoms with van der Waals surface area (Å²) in [6, 6.07) is 5.24. The zero-order valence-corrected chi connectivity index (χ0v) is 12.0. The normalized spacial score (nSPS) is 11.9. The molecule has 1 aromatic carbocycles. The zero-order valence-electron chi connectivity index (χ0n) is 10.5. The number of carbonyl (C=O) groups excluding carboxylic acids is 1. The third-order valence-electron chi connectivity index (χ3n) is 2.66. The third-order valence-corrected chi connectivity index (χ3v) is 3.32. The van der Waals surface area contributed by atoms with Crippen molar-refractivity contribution in [2.75, 3.05) is 6.54 Å². The van der Waals surface area contributed by atoms with Gasteiger partial charge < -0.3 is 10.4 Å². The van der Waals surface area contributed by atoms with Crippen molar-refractivity contribution in [2.45, 2.75) is 25.7 Å². The third kappa shape index (κ3) is 5.09. The minimum atomic E-state index is -0.989. The maximum Gasteiger partial charge on any atom is 0.303 e. The molecular formula is C13H15Cl2NO3. The quantitative estimate of drug-likeness (QED) is 0.848. The Morgan fingerprint density at radius 3 is 2.37 bits per heavy atom. The molecule has 0 aliphatic rings. The van der Waals surface area contributed by atoms with E-state index >= 15 is 0 Å². The molecule has 0 fully saturated rings. The van der Waals surface area contributed by atoms with Gasteiger partial charge in [0.25, 0.3) is 0 Å². The average Bonchev–Trinajstić information content (AvgIpc) is 2.33. The van der Waals surface area contributed by atoms with Gasteiger partial charge >= 0.3 is 5.97 Å².